The maximum Gasteiger partial charge on any atom is 0.227 e. The minimum atomic E-state index is -0.769. The van der Waals surface area contributed by atoms with E-state index in [-0.39, 0.29) is 37.2 Å². The molecule has 1 aliphatic heterocycles. The Labute approximate surface area is 197 Å². The van der Waals surface area contributed by atoms with Crippen molar-refractivity contribution < 1.29 is 19.0 Å². The van der Waals surface area contributed by atoms with Gasteiger partial charge in [-0.3, -0.25) is 4.79 Å². The van der Waals surface area contributed by atoms with Crippen molar-refractivity contribution >= 4 is 22.6 Å². The van der Waals surface area contributed by atoms with Crippen molar-refractivity contribution in [2.24, 2.45) is 0 Å². The average Bonchev–Trinajstić information content (AvgIpc) is 3.39. The van der Waals surface area contributed by atoms with E-state index < -0.39 is 6.10 Å². The minimum Gasteiger partial charge on any atom is -0.491 e. The zero-order chi connectivity index (χ0) is 23.7. The Hall–Kier alpha value is -3.71. The van der Waals surface area contributed by atoms with Gasteiger partial charge in [-0.05, 0) is 49.4 Å². The lowest BCUT2D eigenvalue weighted by molar-refractivity contribution is -0.117. The monoisotopic (exact) mass is 459 g/mol. The summed E-state index contributed by atoms with van der Waals surface area (Å²) in [5.41, 5.74) is 3.38. The van der Waals surface area contributed by atoms with Crippen LogP contribution < -0.4 is 9.64 Å². The molecule has 7 heteroatoms. The number of ether oxygens (including phenoxy) is 1. The third kappa shape index (κ3) is 4.52. The number of rotatable bonds is 7. The Morgan fingerprint density at radius 2 is 1.91 bits per heavy atom. The van der Waals surface area contributed by atoms with Gasteiger partial charge in [0.25, 0.3) is 0 Å². The summed E-state index contributed by atoms with van der Waals surface area (Å²) in [7, 11) is 0. The summed E-state index contributed by atoms with van der Waals surface area (Å²) in [6.07, 6.45) is -0.496. The predicted octanol–water partition coefficient (Wildman–Crippen LogP) is 4.44. The molecule has 6 nitrogen and oxygen atoms in total. The lowest BCUT2D eigenvalue weighted by Gasteiger charge is -2.19. The van der Waals surface area contributed by atoms with Crippen LogP contribution in [0.5, 0.6) is 5.75 Å². The summed E-state index contributed by atoms with van der Waals surface area (Å²) >= 11 is 0. The Morgan fingerprint density at radius 3 is 2.71 bits per heavy atom. The van der Waals surface area contributed by atoms with E-state index in [1.807, 2.05) is 60.0 Å². The van der Waals surface area contributed by atoms with E-state index in [4.69, 9.17) is 9.72 Å². The lowest BCUT2D eigenvalue weighted by atomic mass is 10.1. The molecular weight excluding hydrogens is 433 g/mol. The molecule has 0 bridgehead atoms. The number of halogens is 1. The molecule has 0 aliphatic carbocycles. The van der Waals surface area contributed by atoms with Crippen LogP contribution in [0, 0.1) is 12.7 Å². The molecule has 4 aromatic rings. The molecule has 174 valence electrons. The Kier molecular flexibility index (Phi) is 6.02. The van der Waals surface area contributed by atoms with Gasteiger partial charge < -0.3 is 19.3 Å². The first-order valence-corrected chi connectivity index (χ1v) is 11.4. The molecule has 3 aromatic carbocycles. The van der Waals surface area contributed by atoms with Crippen LogP contribution in [0.2, 0.25) is 0 Å². The van der Waals surface area contributed by atoms with Crippen molar-refractivity contribution in [3.63, 3.8) is 0 Å². The fourth-order valence-electron chi connectivity index (χ4n) is 4.46. The van der Waals surface area contributed by atoms with Crippen LogP contribution in [0.25, 0.3) is 11.0 Å². The Bertz CT molecular complexity index is 1320. The van der Waals surface area contributed by atoms with Crippen molar-refractivity contribution in [2.75, 3.05) is 18.1 Å². The number of nitrogens with zero attached hydrogens (tertiary/aromatic N) is 3. The molecule has 1 N–H and O–H groups in total. The third-order valence-corrected chi connectivity index (χ3v) is 6.15. The quantitative estimate of drug-likeness (QED) is 0.444. The number of hydrogen-bond donors (Lipinski definition) is 1. The van der Waals surface area contributed by atoms with E-state index in [0.29, 0.717) is 18.0 Å². The number of aliphatic hydroxyl groups is 1. The first kappa shape index (κ1) is 22.1. The molecule has 2 heterocycles. The van der Waals surface area contributed by atoms with Crippen molar-refractivity contribution in [3.05, 3.63) is 90.0 Å². The largest absolute Gasteiger partial charge is 0.491 e. The molecule has 0 unspecified atom stereocenters. The van der Waals surface area contributed by atoms with Crippen LogP contribution in [0.15, 0.2) is 72.8 Å². The fourth-order valence-corrected chi connectivity index (χ4v) is 4.46. The highest BCUT2D eigenvalue weighted by Gasteiger charge is 2.35. The highest BCUT2D eigenvalue weighted by Crippen LogP contribution is 2.33. The topological polar surface area (TPSA) is 67.6 Å². The molecule has 1 aromatic heterocycles. The number of benzene rings is 3. The van der Waals surface area contributed by atoms with E-state index in [1.54, 1.807) is 17.0 Å². The van der Waals surface area contributed by atoms with Gasteiger partial charge in [0.2, 0.25) is 5.91 Å². The molecule has 1 saturated heterocycles. The van der Waals surface area contributed by atoms with E-state index in [9.17, 15) is 14.3 Å². The van der Waals surface area contributed by atoms with Crippen LogP contribution >= 0.6 is 0 Å². The van der Waals surface area contributed by atoms with E-state index in [1.165, 1.54) is 12.1 Å². The van der Waals surface area contributed by atoms with Gasteiger partial charge in [0.15, 0.2) is 0 Å². The van der Waals surface area contributed by atoms with E-state index >= 15 is 0 Å². The number of aryl methyl sites for hydroxylation is 1. The van der Waals surface area contributed by atoms with Crippen molar-refractivity contribution in [1.29, 1.82) is 0 Å². The van der Waals surface area contributed by atoms with Gasteiger partial charge in [-0.2, -0.15) is 0 Å². The lowest BCUT2D eigenvalue weighted by Crippen LogP contribution is -2.26. The summed E-state index contributed by atoms with van der Waals surface area (Å²) < 4.78 is 21.5. The summed E-state index contributed by atoms with van der Waals surface area (Å²) in [5.74, 6) is 0.818. The molecule has 5 rings (SSSR count). The van der Waals surface area contributed by atoms with Crippen LogP contribution in [0.4, 0.5) is 10.1 Å². The number of hydrogen-bond acceptors (Lipinski definition) is 4. The first-order chi connectivity index (χ1) is 16.5. The molecule has 2 atom stereocenters. The number of aromatic nitrogens is 2. The van der Waals surface area contributed by atoms with E-state index in [0.717, 1.165) is 22.4 Å². The van der Waals surface area contributed by atoms with Gasteiger partial charge in [0, 0.05) is 24.6 Å². The molecule has 0 saturated carbocycles. The van der Waals surface area contributed by atoms with Gasteiger partial charge in [0.05, 0.1) is 17.6 Å². The molecule has 1 aliphatic rings. The number of carbonyl (C=O) groups is 1. The molecule has 1 fully saturated rings. The fraction of sp³-hybridized carbons (Fsp3) is 0.259. The number of fused-ring (bicyclic) bond motifs is 1. The zero-order valence-electron chi connectivity index (χ0n) is 18.9. The molecule has 0 radical (unpaired) electrons. The zero-order valence-corrected chi connectivity index (χ0v) is 18.9. The average molecular weight is 460 g/mol. The second kappa shape index (κ2) is 9.27. The number of amides is 1. The maximum atomic E-state index is 13.7. The number of anilines is 1. The van der Waals surface area contributed by atoms with Gasteiger partial charge in [0.1, 0.15) is 30.1 Å². The predicted molar refractivity (Wildman–Crippen MR) is 129 cm³/mol. The van der Waals surface area contributed by atoms with Gasteiger partial charge >= 0.3 is 0 Å². The molecule has 34 heavy (non-hydrogen) atoms. The SMILES string of the molecule is Cc1ccc(OC[C@H](O)Cn2c([C@@H]3CC(=O)N(c4cccc(F)c4)C3)nc3ccccc32)cc1. The Morgan fingerprint density at radius 1 is 1.12 bits per heavy atom. The van der Waals surface area contributed by atoms with Crippen LogP contribution in [-0.2, 0) is 11.3 Å². The number of imidazole rings is 1. The number of para-hydroxylation sites is 2. The highest BCUT2D eigenvalue weighted by molar-refractivity contribution is 5.96. The molecule has 1 amide bonds. The second-order valence-electron chi connectivity index (χ2n) is 8.73. The highest BCUT2D eigenvalue weighted by atomic mass is 19.1. The smallest absolute Gasteiger partial charge is 0.227 e. The second-order valence-corrected chi connectivity index (χ2v) is 8.73. The first-order valence-electron chi connectivity index (χ1n) is 11.4. The maximum absolute atomic E-state index is 13.7. The van der Waals surface area contributed by atoms with Crippen molar-refractivity contribution in [1.82, 2.24) is 9.55 Å². The molecule has 0 spiro atoms. The number of aliphatic hydroxyl groups excluding tert-OH is 1. The Balaban J connectivity index is 1.38. The normalized spacial score (nSPS) is 16.9. The van der Waals surface area contributed by atoms with Crippen molar-refractivity contribution in [3.8, 4) is 5.75 Å². The van der Waals surface area contributed by atoms with Crippen LogP contribution in [0.1, 0.15) is 23.7 Å². The molecular formula is C27H26FN3O3. The van der Waals surface area contributed by atoms with Gasteiger partial charge in [-0.15, -0.1) is 0 Å². The van der Waals surface area contributed by atoms with Gasteiger partial charge in [-0.25, -0.2) is 9.37 Å². The summed E-state index contributed by atoms with van der Waals surface area (Å²) in [4.78, 5) is 19.2. The summed E-state index contributed by atoms with van der Waals surface area (Å²) in [6, 6.07) is 21.5. The number of carbonyl (C=O) groups excluding carboxylic acids is 1. The third-order valence-electron chi connectivity index (χ3n) is 6.15. The van der Waals surface area contributed by atoms with Crippen LogP contribution in [-0.4, -0.2) is 39.8 Å². The summed E-state index contributed by atoms with van der Waals surface area (Å²) in [6.45, 7) is 2.83. The minimum absolute atomic E-state index is 0.0718. The summed E-state index contributed by atoms with van der Waals surface area (Å²) in [5, 5.41) is 10.8. The standard InChI is InChI=1S/C27H26FN3O3/c1-18-9-11-23(12-10-18)34-17-22(32)16-31-25-8-3-2-7-24(25)29-27(31)19-13-26(33)30(15-19)21-6-4-5-20(28)14-21/h2-12,14,19,22,32H,13,15-17H2,1H3/t19-,22-/m1/s1. The van der Waals surface area contributed by atoms with Crippen molar-refractivity contribution in [2.45, 2.75) is 31.9 Å². The van der Waals surface area contributed by atoms with E-state index in [2.05, 4.69) is 0 Å². The van der Waals surface area contributed by atoms with Gasteiger partial charge in [-0.1, -0.05) is 35.9 Å². The van der Waals surface area contributed by atoms with Crippen LogP contribution in [0.3, 0.4) is 0 Å².